The minimum absolute atomic E-state index is 0.0203. The number of amides is 2. The number of aromatic nitrogens is 4. The molecule has 16 nitrogen and oxygen atoms in total. The third kappa shape index (κ3) is 10.7. The second kappa shape index (κ2) is 19.4. The molecule has 0 aliphatic carbocycles. The third-order valence-electron chi connectivity index (χ3n) is 9.87. The lowest BCUT2D eigenvalue weighted by atomic mass is 10.1. The van der Waals surface area contributed by atoms with Crippen LogP contribution in [0.3, 0.4) is 0 Å². The number of carbonyl (C=O) groups is 1. The molecule has 0 unspecified atom stereocenters. The van der Waals surface area contributed by atoms with Crippen molar-refractivity contribution in [2.75, 3.05) is 71.8 Å². The summed E-state index contributed by atoms with van der Waals surface area (Å²) in [5, 5.41) is 8.56. The van der Waals surface area contributed by atoms with Gasteiger partial charge >= 0.3 is 12.2 Å². The second-order valence-corrected chi connectivity index (χ2v) is 14.2. The first-order valence-electron chi connectivity index (χ1n) is 20.0. The lowest BCUT2D eigenvalue weighted by Crippen LogP contribution is -2.47. The fourth-order valence-electron chi connectivity index (χ4n) is 6.71. The average Bonchev–Trinajstić information content (AvgIpc) is 3.32. The number of morpholine rings is 1. The highest BCUT2D eigenvalue weighted by molar-refractivity contribution is 6.05. The van der Waals surface area contributed by atoms with E-state index < -0.39 is 17.8 Å². The number of rotatable bonds is 14. The maximum Gasteiger partial charge on any atom is 0.418 e. The van der Waals surface area contributed by atoms with Crippen LogP contribution in [0.25, 0.3) is 0 Å². The number of hydrogen-bond acceptors (Lipinski definition) is 14. The molecule has 5 aromatic carbocycles. The molecule has 1 aliphatic heterocycles. The molecule has 0 atom stereocenters. The number of alkyl halides is 3. The first-order valence-corrected chi connectivity index (χ1v) is 20.0. The maximum absolute atomic E-state index is 14.9. The first kappa shape index (κ1) is 43.3. The topological polar surface area (TPSA) is 175 Å². The first-order chi connectivity index (χ1) is 31.5. The van der Waals surface area contributed by atoms with E-state index in [0.717, 1.165) is 11.8 Å². The van der Waals surface area contributed by atoms with Crippen molar-refractivity contribution in [2.24, 2.45) is 0 Å². The van der Waals surface area contributed by atoms with Gasteiger partial charge in [0.05, 0.1) is 44.4 Å². The average molecular weight is 887 g/mol. The van der Waals surface area contributed by atoms with Crippen LogP contribution in [0, 0.1) is 0 Å². The molecule has 332 valence electrons. The standard InChI is InChI=1S/C46H41F3N10O6/c1-61-35-14-5-31(6-15-35)55-41-26-43(53-28-51-41)64-38-18-10-34(11-19-38)59(45(60)56-32-7-20-40(39(25-32)46(47,48)49)57-21-23-63-24-22-57)58(33-8-16-36(62-2)17-9-33)42-27-44(54-29-52-42)65-37-12-3-30(50)4-13-37/h3-20,25-29H,21-24,50H2,1-2H3,(H,56,60)(H,51,53,55). The van der Waals surface area contributed by atoms with Crippen LogP contribution >= 0.6 is 0 Å². The van der Waals surface area contributed by atoms with Gasteiger partial charge in [-0.05, 0) is 115 Å². The molecule has 0 saturated carbocycles. The minimum Gasteiger partial charge on any atom is -0.497 e. The number of nitrogen functional groups attached to an aromatic ring is 1. The van der Waals surface area contributed by atoms with Gasteiger partial charge in [-0.1, -0.05) is 0 Å². The van der Waals surface area contributed by atoms with Crippen molar-refractivity contribution in [1.29, 1.82) is 0 Å². The molecule has 2 aromatic heterocycles. The maximum atomic E-state index is 14.9. The zero-order chi connectivity index (χ0) is 45.3. The Hall–Kier alpha value is -8.32. The van der Waals surface area contributed by atoms with E-state index in [1.807, 2.05) is 24.3 Å². The quantitative estimate of drug-likeness (QED) is 0.0695. The third-order valence-corrected chi connectivity index (χ3v) is 9.87. The van der Waals surface area contributed by atoms with Gasteiger partial charge < -0.3 is 45.0 Å². The Balaban J connectivity index is 1.16. The number of halogens is 3. The number of anilines is 8. The van der Waals surface area contributed by atoms with Crippen LogP contribution in [0.1, 0.15) is 5.56 Å². The largest absolute Gasteiger partial charge is 0.497 e. The van der Waals surface area contributed by atoms with E-state index in [1.54, 1.807) is 90.9 Å². The summed E-state index contributed by atoms with van der Waals surface area (Å²) in [5.41, 5.74) is 6.77. The summed E-state index contributed by atoms with van der Waals surface area (Å²) in [6.07, 6.45) is -2.14. The van der Waals surface area contributed by atoms with E-state index in [9.17, 15) is 18.0 Å². The number of nitrogens with one attached hydrogen (secondary N) is 2. The van der Waals surface area contributed by atoms with Crippen LogP contribution in [-0.2, 0) is 10.9 Å². The number of methoxy groups -OCH3 is 2. The van der Waals surface area contributed by atoms with Gasteiger partial charge in [0.1, 0.15) is 41.5 Å². The van der Waals surface area contributed by atoms with Gasteiger partial charge in [0.15, 0.2) is 5.82 Å². The molecule has 19 heteroatoms. The Morgan fingerprint density at radius 2 is 1.23 bits per heavy atom. The highest BCUT2D eigenvalue weighted by Gasteiger charge is 2.36. The molecular weight excluding hydrogens is 846 g/mol. The van der Waals surface area contributed by atoms with Gasteiger partial charge in [-0.2, -0.15) is 18.2 Å². The van der Waals surface area contributed by atoms with Crippen LogP contribution in [0.2, 0.25) is 0 Å². The summed E-state index contributed by atoms with van der Waals surface area (Å²) >= 11 is 0. The fourth-order valence-corrected chi connectivity index (χ4v) is 6.71. The van der Waals surface area contributed by atoms with Crippen molar-refractivity contribution in [3.8, 4) is 34.8 Å². The lowest BCUT2D eigenvalue weighted by molar-refractivity contribution is -0.137. The molecule has 2 amide bonds. The van der Waals surface area contributed by atoms with E-state index in [2.05, 4.69) is 30.6 Å². The van der Waals surface area contributed by atoms with Crippen molar-refractivity contribution in [3.05, 3.63) is 146 Å². The highest BCUT2D eigenvalue weighted by atomic mass is 19.4. The van der Waals surface area contributed by atoms with Crippen molar-refractivity contribution in [3.63, 3.8) is 0 Å². The zero-order valence-corrected chi connectivity index (χ0v) is 34.9. The molecule has 1 saturated heterocycles. The number of hydrazine groups is 1. The summed E-state index contributed by atoms with van der Waals surface area (Å²) in [5.74, 6) is 2.93. The molecule has 3 heterocycles. The van der Waals surface area contributed by atoms with E-state index in [-0.39, 0.29) is 60.9 Å². The summed E-state index contributed by atoms with van der Waals surface area (Å²) in [7, 11) is 3.10. The normalized spacial score (nSPS) is 12.5. The van der Waals surface area contributed by atoms with Crippen LogP contribution in [0.5, 0.6) is 34.8 Å². The summed E-state index contributed by atoms with van der Waals surface area (Å²) in [6, 6.07) is 33.0. The van der Waals surface area contributed by atoms with Gasteiger partial charge in [-0.3, -0.25) is 0 Å². The van der Waals surface area contributed by atoms with Crippen LogP contribution in [-0.4, -0.2) is 66.5 Å². The van der Waals surface area contributed by atoms with E-state index in [4.69, 9.17) is 29.4 Å². The highest BCUT2D eigenvalue weighted by Crippen LogP contribution is 2.40. The van der Waals surface area contributed by atoms with Gasteiger partial charge in [-0.25, -0.2) is 29.7 Å². The number of nitrogens with zero attached hydrogens (tertiary/aromatic N) is 7. The van der Waals surface area contributed by atoms with Gasteiger partial charge in [-0.15, -0.1) is 0 Å². The van der Waals surface area contributed by atoms with E-state index in [1.165, 1.54) is 48.0 Å². The Kier molecular flexibility index (Phi) is 12.9. The molecule has 0 radical (unpaired) electrons. The van der Waals surface area contributed by atoms with Crippen molar-refractivity contribution >= 4 is 51.8 Å². The van der Waals surface area contributed by atoms with Gasteiger partial charge in [0.25, 0.3) is 0 Å². The molecule has 0 bridgehead atoms. The van der Waals surface area contributed by atoms with E-state index >= 15 is 0 Å². The van der Waals surface area contributed by atoms with Crippen LogP contribution in [0.4, 0.5) is 63.7 Å². The molecule has 65 heavy (non-hydrogen) atoms. The fraction of sp³-hybridized carbons (Fsp3) is 0.152. The Morgan fingerprint density at radius 1 is 0.677 bits per heavy atom. The number of hydrogen-bond donors (Lipinski definition) is 3. The number of benzene rings is 5. The van der Waals surface area contributed by atoms with Crippen molar-refractivity contribution < 1.29 is 41.7 Å². The molecule has 0 spiro atoms. The number of nitrogens with two attached hydrogens (primary N) is 1. The molecular formula is C46H41F3N10O6. The van der Waals surface area contributed by atoms with Crippen molar-refractivity contribution in [1.82, 2.24) is 19.9 Å². The summed E-state index contributed by atoms with van der Waals surface area (Å²) < 4.78 is 72.2. The predicted octanol–water partition coefficient (Wildman–Crippen LogP) is 9.84. The molecule has 1 fully saturated rings. The molecule has 4 N–H and O–H groups in total. The molecule has 1 aliphatic rings. The monoisotopic (exact) mass is 886 g/mol. The predicted molar refractivity (Wildman–Crippen MR) is 239 cm³/mol. The Bertz CT molecular complexity index is 2710. The Labute approximate surface area is 370 Å². The lowest BCUT2D eigenvalue weighted by Gasteiger charge is -2.36. The van der Waals surface area contributed by atoms with Crippen molar-refractivity contribution in [2.45, 2.75) is 6.18 Å². The number of ether oxygens (including phenoxy) is 5. The SMILES string of the molecule is COc1ccc(Nc2cc(Oc3ccc(N(C(=O)Nc4ccc(N5CCOCC5)c(C(F)(F)F)c4)N(c4ccc(OC)cc4)c4cc(Oc5ccc(N)cc5)ncn4)cc3)ncn2)cc1. The zero-order valence-electron chi connectivity index (χ0n) is 34.9. The van der Waals surface area contributed by atoms with Crippen LogP contribution in [0.15, 0.2) is 140 Å². The van der Waals surface area contributed by atoms with Gasteiger partial charge in [0.2, 0.25) is 11.8 Å². The second-order valence-electron chi connectivity index (χ2n) is 14.2. The van der Waals surface area contributed by atoms with E-state index in [0.29, 0.717) is 40.2 Å². The van der Waals surface area contributed by atoms with Crippen LogP contribution < -0.4 is 50.2 Å². The van der Waals surface area contributed by atoms with Gasteiger partial charge in [0, 0.05) is 48.0 Å². The minimum atomic E-state index is -4.74. The summed E-state index contributed by atoms with van der Waals surface area (Å²) in [6.45, 7) is 1.13. The summed E-state index contributed by atoms with van der Waals surface area (Å²) in [4.78, 5) is 33.8. The number of carbonyl (C=O) groups excluding carboxylic acids is 1. The Morgan fingerprint density at radius 3 is 1.86 bits per heavy atom. The number of urea groups is 1. The molecule has 8 rings (SSSR count). The molecule has 7 aromatic rings. The smallest absolute Gasteiger partial charge is 0.418 e.